The van der Waals surface area contributed by atoms with Gasteiger partial charge in [0.05, 0.1) is 11.3 Å². The molecule has 0 heterocycles. The van der Waals surface area contributed by atoms with Crippen LogP contribution < -0.4 is 15.4 Å². The molecule has 0 aromatic heterocycles. The summed E-state index contributed by atoms with van der Waals surface area (Å²) in [6.45, 7) is 4.27. The van der Waals surface area contributed by atoms with E-state index in [1.54, 1.807) is 24.3 Å². The summed E-state index contributed by atoms with van der Waals surface area (Å²) in [6, 6.07) is 24.2. The zero-order valence-corrected chi connectivity index (χ0v) is 17.2. The molecule has 0 saturated carbocycles. The predicted molar refractivity (Wildman–Crippen MR) is 119 cm³/mol. The first kappa shape index (κ1) is 21.1. The quantitative estimate of drug-likeness (QED) is 0.573. The molecule has 0 aliphatic carbocycles. The SMILES string of the molecule is CC[C@@H](Oc1cccc(C)c1)C(=O)Nc1ccccc1C(=O)NCc1ccccc1. The molecule has 154 valence electrons. The van der Waals surface area contributed by atoms with Gasteiger partial charge >= 0.3 is 0 Å². The Hall–Kier alpha value is -3.60. The average molecular weight is 402 g/mol. The number of aryl methyl sites for hydroxylation is 1. The van der Waals surface area contributed by atoms with Gasteiger partial charge in [-0.1, -0.05) is 61.5 Å². The molecule has 3 aromatic carbocycles. The lowest BCUT2D eigenvalue weighted by atomic mass is 10.1. The molecular formula is C25H26N2O3. The molecule has 2 N–H and O–H groups in total. The van der Waals surface area contributed by atoms with Crippen molar-refractivity contribution in [1.82, 2.24) is 5.32 Å². The van der Waals surface area contributed by atoms with Crippen molar-refractivity contribution in [2.24, 2.45) is 0 Å². The molecule has 3 aromatic rings. The number of amides is 2. The lowest BCUT2D eigenvalue weighted by Crippen LogP contribution is -2.33. The highest BCUT2D eigenvalue weighted by Crippen LogP contribution is 2.19. The van der Waals surface area contributed by atoms with E-state index in [1.807, 2.05) is 68.4 Å². The standard InChI is InChI=1S/C25H26N2O3/c1-3-23(30-20-13-9-10-18(2)16-20)25(29)27-22-15-8-7-14-21(22)24(28)26-17-19-11-5-4-6-12-19/h4-16,23H,3,17H2,1-2H3,(H,26,28)(H,27,29)/t23-/m1/s1. The van der Waals surface area contributed by atoms with E-state index in [2.05, 4.69) is 10.6 Å². The van der Waals surface area contributed by atoms with Crippen LogP contribution in [0.4, 0.5) is 5.69 Å². The Balaban J connectivity index is 1.68. The Morgan fingerprint density at radius 3 is 2.40 bits per heavy atom. The summed E-state index contributed by atoms with van der Waals surface area (Å²) in [4.78, 5) is 25.5. The van der Waals surface area contributed by atoms with Crippen molar-refractivity contribution in [3.8, 4) is 5.75 Å². The number of hydrogen-bond donors (Lipinski definition) is 2. The van der Waals surface area contributed by atoms with Gasteiger partial charge in [0.25, 0.3) is 11.8 Å². The maximum Gasteiger partial charge on any atom is 0.265 e. The van der Waals surface area contributed by atoms with Crippen LogP contribution in [0.1, 0.15) is 34.8 Å². The van der Waals surface area contributed by atoms with E-state index < -0.39 is 6.10 Å². The minimum absolute atomic E-state index is 0.248. The summed E-state index contributed by atoms with van der Waals surface area (Å²) >= 11 is 0. The summed E-state index contributed by atoms with van der Waals surface area (Å²) in [5.74, 6) is 0.107. The van der Waals surface area contributed by atoms with E-state index in [1.165, 1.54) is 0 Å². The number of nitrogens with one attached hydrogen (secondary N) is 2. The first-order valence-electron chi connectivity index (χ1n) is 10.0. The van der Waals surface area contributed by atoms with Crippen LogP contribution in [0.2, 0.25) is 0 Å². The van der Waals surface area contributed by atoms with Crippen molar-refractivity contribution in [2.45, 2.75) is 32.9 Å². The van der Waals surface area contributed by atoms with Crippen molar-refractivity contribution < 1.29 is 14.3 Å². The molecule has 5 nitrogen and oxygen atoms in total. The normalized spacial score (nSPS) is 11.4. The number of anilines is 1. The molecule has 0 aliphatic rings. The Bertz CT molecular complexity index is 1000. The molecule has 0 saturated heterocycles. The van der Waals surface area contributed by atoms with Crippen LogP contribution in [0.25, 0.3) is 0 Å². The van der Waals surface area contributed by atoms with Crippen LogP contribution in [0.3, 0.4) is 0 Å². The summed E-state index contributed by atoms with van der Waals surface area (Å²) in [5, 5.41) is 5.75. The third kappa shape index (κ3) is 5.70. The topological polar surface area (TPSA) is 67.4 Å². The molecule has 2 amide bonds. The van der Waals surface area contributed by atoms with Crippen LogP contribution >= 0.6 is 0 Å². The highest BCUT2D eigenvalue weighted by molar-refractivity contribution is 6.04. The number of hydrogen-bond acceptors (Lipinski definition) is 3. The van der Waals surface area contributed by atoms with Gasteiger partial charge in [-0.3, -0.25) is 9.59 Å². The van der Waals surface area contributed by atoms with Gasteiger partial charge in [-0.2, -0.15) is 0 Å². The molecule has 30 heavy (non-hydrogen) atoms. The molecular weight excluding hydrogens is 376 g/mol. The second kappa shape index (κ2) is 10.3. The maximum absolute atomic E-state index is 12.8. The Morgan fingerprint density at radius 2 is 1.67 bits per heavy atom. The maximum atomic E-state index is 12.8. The monoisotopic (exact) mass is 402 g/mol. The third-order valence-electron chi connectivity index (χ3n) is 4.66. The van der Waals surface area contributed by atoms with Crippen LogP contribution in [0.15, 0.2) is 78.9 Å². The van der Waals surface area contributed by atoms with Gasteiger partial charge in [0, 0.05) is 6.54 Å². The van der Waals surface area contributed by atoms with Gasteiger partial charge in [0.15, 0.2) is 6.10 Å². The van der Waals surface area contributed by atoms with Crippen molar-refractivity contribution in [2.75, 3.05) is 5.32 Å². The van der Waals surface area contributed by atoms with E-state index in [9.17, 15) is 9.59 Å². The summed E-state index contributed by atoms with van der Waals surface area (Å²) < 4.78 is 5.87. The summed E-state index contributed by atoms with van der Waals surface area (Å²) in [6.07, 6.45) is -0.158. The largest absolute Gasteiger partial charge is 0.481 e. The van der Waals surface area contributed by atoms with Gasteiger partial charge in [-0.05, 0) is 48.7 Å². The van der Waals surface area contributed by atoms with Crippen LogP contribution in [-0.4, -0.2) is 17.9 Å². The van der Waals surface area contributed by atoms with Gasteiger partial charge in [-0.15, -0.1) is 0 Å². The molecule has 5 heteroatoms. The van der Waals surface area contributed by atoms with E-state index >= 15 is 0 Å². The van der Waals surface area contributed by atoms with Gasteiger partial charge < -0.3 is 15.4 Å². The van der Waals surface area contributed by atoms with E-state index in [0.29, 0.717) is 30.0 Å². The fraction of sp³-hybridized carbons (Fsp3) is 0.200. The molecule has 0 radical (unpaired) electrons. The second-order valence-corrected chi connectivity index (χ2v) is 7.03. The van der Waals surface area contributed by atoms with Crippen molar-refractivity contribution >= 4 is 17.5 Å². The average Bonchev–Trinajstić information content (AvgIpc) is 2.77. The zero-order chi connectivity index (χ0) is 21.3. The smallest absolute Gasteiger partial charge is 0.265 e. The van der Waals surface area contributed by atoms with Crippen molar-refractivity contribution in [3.05, 3.63) is 95.6 Å². The molecule has 1 atom stereocenters. The van der Waals surface area contributed by atoms with Crippen molar-refractivity contribution in [3.63, 3.8) is 0 Å². The number of carbonyl (C=O) groups is 2. The predicted octanol–water partition coefficient (Wildman–Crippen LogP) is 4.72. The summed E-state index contributed by atoms with van der Waals surface area (Å²) in [7, 11) is 0. The first-order chi connectivity index (χ1) is 14.6. The minimum Gasteiger partial charge on any atom is -0.481 e. The zero-order valence-electron chi connectivity index (χ0n) is 17.2. The van der Waals surface area contributed by atoms with Gasteiger partial charge in [-0.25, -0.2) is 0 Å². The molecule has 3 rings (SSSR count). The van der Waals surface area contributed by atoms with Crippen molar-refractivity contribution in [1.29, 1.82) is 0 Å². The number of rotatable bonds is 8. The van der Waals surface area contributed by atoms with Gasteiger partial charge in [0.2, 0.25) is 0 Å². The Kier molecular flexibility index (Phi) is 7.22. The number of para-hydroxylation sites is 1. The molecule has 0 unspecified atom stereocenters. The number of carbonyl (C=O) groups excluding carboxylic acids is 2. The fourth-order valence-corrected chi connectivity index (χ4v) is 3.05. The van der Waals surface area contributed by atoms with Crippen LogP contribution in [0.5, 0.6) is 5.75 Å². The number of ether oxygens (including phenoxy) is 1. The lowest BCUT2D eigenvalue weighted by molar-refractivity contribution is -0.122. The first-order valence-corrected chi connectivity index (χ1v) is 10.0. The molecule has 0 bridgehead atoms. The van der Waals surface area contributed by atoms with Crippen LogP contribution in [0, 0.1) is 6.92 Å². The fourth-order valence-electron chi connectivity index (χ4n) is 3.05. The van der Waals surface area contributed by atoms with E-state index in [-0.39, 0.29) is 11.8 Å². The van der Waals surface area contributed by atoms with E-state index in [0.717, 1.165) is 11.1 Å². The van der Waals surface area contributed by atoms with Gasteiger partial charge in [0.1, 0.15) is 5.75 Å². The Morgan fingerprint density at radius 1 is 0.933 bits per heavy atom. The minimum atomic E-state index is -0.660. The second-order valence-electron chi connectivity index (χ2n) is 7.03. The van der Waals surface area contributed by atoms with Crippen LogP contribution in [-0.2, 0) is 11.3 Å². The molecule has 0 aliphatic heterocycles. The molecule has 0 spiro atoms. The highest BCUT2D eigenvalue weighted by atomic mass is 16.5. The highest BCUT2D eigenvalue weighted by Gasteiger charge is 2.21. The van der Waals surface area contributed by atoms with E-state index in [4.69, 9.17) is 4.74 Å². The lowest BCUT2D eigenvalue weighted by Gasteiger charge is -2.19. The Labute approximate surface area is 177 Å². The summed E-state index contributed by atoms with van der Waals surface area (Å²) in [5.41, 5.74) is 2.93. The number of benzene rings is 3. The third-order valence-corrected chi connectivity index (χ3v) is 4.66. The molecule has 0 fully saturated rings.